The van der Waals surface area contributed by atoms with E-state index in [0.29, 0.717) is 5.03 Å². The Kier molecular flexibility index (Phi) is 4.70. The summed E-state index contributed by atoms with van der Waals surface area (Å²) in [6.07, 6.45) is 3.52. The maximum absolute atomic E-state index is 5.72. The highest BCUT2D eigenvalue weighted by Gasteiger charge is 2.12. The summed E-state index contributed by atoms with van der Waals surface area (Å²) in [7, 11) is 0. The van der Waals surface area contributed by atoms with Crippen LogP contribution in [0.15, 0.2) is 28.5 Å². The van der Waals surface area contributed by atoms with Gasteiger partial charge in [-0.3, -0.25) is 0 Å². The molecule has 0 aromatic rings. The minimum absolute atomic E-state index is 0.497. The van der Waals surface area contributed by atoms with E-state index < -0.39 is 0 Å². The summed E-state index contributed by atoms with van der Waals surface area (Å²) in [5.74, 6) is 0.857. The van der Waals surface area contributed by atoms with Crippen LogP contribution in [0.5, 0.6) is 0 Å². The van der Waals surface area contributed by atoms with Crippen LogP contribution in [0.3, 0.4) is 0 Å². The van der Waals surface area contributed by atoms with E-state index in [1.54, 1.807) is 12.3 Å². The molecule has 0 amide bonds. The number of hydrogen-bond acceptors (Lipinski definition) is 3. The van der Waals surface area contributed by atoms with E-state index in [4.69, 9.17) is 16.3 Å². The summed E-state index contributed by atoms with van der Waals surface area (Å²) >= 11 is 5.72. The van der Waals surface area contributed by atoms with Crippen molar-refractivity contribution in [1.29, 1.82) is 0 Å². The van der Waals surface area contributed by atoms with E-state index in [0.717, 1.165) is 32.1 Å². The van der Waals surface area contributed by atoms with Crippen molar-refractivity contribution in [3.05, 3.63) is 23.5 Å². The SMILES string of the molecule is C=C(Cl)/C=C(\N=C/C)N1CCOCC1. The van der Waals surface area contributed by atoms with Crippen molar-refractivity contribution in [2.75, 3.05) is 26.3 Å². The van der Waals surface area contributed by atoms with Crippen molar-refractivity contribution in [3.8, 4) is 0 Å². The van der Waals surface area contributed by atoms with Gasteiger partial charge in [-0.15, -0.1) is 0 Å². The highest BCUT2D eigenvalue weighted by Crippen LogP contribution is 2.12. The van der Waals surface area contributed by atoms with Crippen LogP contribution in [0.2, 0.25) is 0 Å². The van der Waals surface area contributed by atoms with E-state index in [9.17, 15) is 0 Å². The summed E-state index contributed by atoms with van der Waals surface area (Å²) in [5, 5.41) is 0.497. The van der Waals surface area contributed by atoms with Crippen LogP contribution in [-0.2, 0) is 4.74 Å². The second kappa shape index (κ2) is 5.83. The first-order valence-electron chi connectivity index (χ1n) is 4.61. The van der Waals surface area contributed by atoms with Crippen molar-refractivity contribution in [2.45, 2.75) is 6.92 Å². The molecule has 14 heavy (non-hydrogen) atoms. The Balaban J connectivity index is 2.70. The van der Waals surface area contributed by atoms with Crippen molar-refractivity contribution in [3.63, 3.8) is 0 Å². The van der Waals surface area contributed by atoms with Gasteiger partial charge in [-0.1, -0.05) is 18.2 Å². The molecule has 0 saturated carbocycles. The van der Waals surface area contributed by atoms with Crippen molar-refractivity contribution in [2.24, 2.45) is 4.99 Å². The summed E-state index contributed by atoms with van der Waals surface area (Å²) in [6, 6.07) is 0. The number of ether oxygens (including phenoxy) is 1. The fraction of sp³-hybridized carbons (Fsp3) is 0.500. The molecule has 1 aliphatic heterocycles. The summed E-state index contributed by atoms with van der Waals surface area (Å²) in [4.78, 5) is 6.39. The van der Waals surface area contributed by atoms with Crippen LogP contribution < -0.4 is 0 Å². The largest absolute Gasteiger partial charge is 0.378 e. The van der Waals surface area contributed by atoms with Gasteiger partial charge in [0.1, 0.15) is 5.82 Å². The van der Waals surface area contributed by atoms with Gasteiger partial charge in [0, 0.05) is 24.3 Å². The number of allylic oxidation sites excluding steroid dienone is 2. The van der Waals surface area contributed by atoms with Crippen LogP contribution in [0.25, 0.3) is 0 Å². The average Bonchev–Trinajstić information content (AvgIpc) is 2.18. The summed E-state index contributed by atoms with van der Waals surface area (Å²) in [5.41, 5.74) is 0. The fourth-order valence-electron chi connectivity index (χ4n) is 1.28. The first-order valence-corrected chi connectivity index (χ1v) is 4.99. The predicted molar refractivity (Wildman–Crippen MR) is 59.6 cm³/mol. The Morgan fingerprint density at radius 2 is 2.14 bits per heavy atom. The monoisotopic (exact) mass is 214 g/mol. The molecule has 0 bridgehead atoms. The normalized spacial score (nSPS) is 19.0. The zero-order valence-corrected chi connectivity index (χ0v) is 9.13. The maximum Gasteiger partial charge on any atom is 0.129 e. The molecule has 1 aliphatic rings. The van der Waals surface area contributed by atoms with Crippen LogP contribution in [-0.4, -0.2) is 37.4 Å². The second-order valence-electron chi connectivity index (χ2n) is 2.94. The van der Waals surface area contributed by atoms with Gasteiger partial charge in [0.2, 0.25) is 0 Å². The quantitative estimate of drug-likeness (QED) is 0.530. The van der Waals surface area contributed by atoms with E-state index >= 15 is 0 Å². The van der Waals surface area contributed by atoms with E-state index in [1.165, 1.54) is 0 Å². The Bertz CT molecular complexity index is 255. The van der Waals surface area contributed by atoms with Crippen molar-refractivity contribution in [1.82, 2.24) is 4.90 Å². The molecule has 3 nitrogen and oxygen atoms in total. The molecule has 78 valence electrons. The third-order valence-electron chi connectivity index (χ3n) is 1.88. The third-order valence-corrected chi connectivity index (χ3v) is 1.99. The molecule has 0 aromatic carbocycles. The lowest BCUT2D eigenvalue weighted by molar-refractivity contribution is 0.0532. The zero-order chi connectivity index (χ0) is 10.4. The molecule has 0 atom stereocenters. The van der Waals surface area contributed by atoms with E-state index in [1.807, 2.05) is 6.92 Å². The van der Waals surface area contributed by atoms with Gasteiger partial charge in [0.25, 0.3) is 0 Å². The lowest BCUT2D eigenvalue weighted by Crippen LogP contribution is -2.35. The Morgan fingerprint density at radius 3 is 2.64 bits per heavy atom. The number of hydrogen-bond donors (Lipinski definition) is 0. The van der Waals surface area contributed by atoms with Gasteiger partial charge in [-0.05, 0) is 13.0 Å². The Hall–Kier alpha value is -0.800. The molecule has 1 saturated heterocycles. The third kappa shape index (κ3) is 3.52. The highest BCUT2D eigenvalue weighted by molar-refractivity contribution is 6.30. The number of halogens is 1. The first kappa shape index (κ1) is 11.3. The number of nitrogens with zero attached hydrogens (tertiary/aromatic N) is 2. The summed E-state index contributed by atoms with van der Waals surface area (Å²) < 4.78 is 5.26. The number of aliphatic imine (C=N–C) groups is 1. The van der Waals surface area contributed by atoms with Crippen molar-refractivity contribution < 1.29 is 4.74 Å². The van der Waals surface area contributed by atoms with E-state index in [2.05, 4.69) is 16.5 Å². The predicted octanol–water partition coefficient (Wildman–Crippen LogP) is 2.00. The molecule has 0 spiro atoms. The maximum atomic E-state index is 5.72. The first-order chi connectivity index (χ1) is 6.74. The minimum atomic E-state index is 0.497. The fourth-order valence-corrected chi connectivity index (χ4v) is 1.37. The number of rotatable bonds is 3. The summed E-state index contributed by atoms with van der Waals surface area (Å²) in [6.45, 7) is 8.70. The minimum Gasteiger partial charge on any atom is -0.378 e. The molecule has 4 heteroatoms. The zero-order valence-electron chi connectivity index (χ0n) is 8.37. The van der Waals surface area contributed by atoms with Crippen molar-refractivity contribution >= 4 is 17.8 Å². The van der Waals surface area contributed by atoms with Gasteiger partial charge in [-0.2, -0.15) is 0 Å². The molecule has 0 unspecified atom stereocenters. The molecule has 0 aromatic heterocycles. The van der Waals surface area contributed by atoms with Gasteiger partial charge in [-0.25, -0.2) is 4.99 Å². The molecule has 1 rings (SSSR count). The molecular weight excluding hydrogens is 200 g/mol. The lowest BCUT2D eigenvalue weighted by Gasteiger charge is -2.28. The van der Waals surface area contributed by atoms with E-state index in [-0.39, 0.29) is 0 Å². The molecule has 0 N–H and O–H groups in total. The van der Waals surface area contributed by atoms with Gasteiger partial charge < -0.3 is 9.64 Å². The van der Waals surface area contributed by atoms with Gasteiger partial charge >= 0.3 is 0 Å². The van der Waals surface area contributed by atoms with Crippen LogP contribution in [0.1, 0.15) is 6.92 Å². The van der Waals surface area contributed by atoms with Crippen LogP contribution in [0, 0.1) is 0 Å². The molecule has 0 radical (unpaired) electrons. The Morgan fingerprint density at radius 1 is 1.50 bits per heavy atom. The topological polar surface area (TPSA) is 24.8 Å². The van der Waals surface area contributed by atoms with Crippen LogP contribution >= 0.6 is 11.6 Å². The second-order valence-corrected chi connectivity index (χ2v) is 3.42. The number of morpholine rings is 1. The highest BCUT2D eigenvalue weighted by atomic mass is 35.5. The Labute approximate surface area is 89.7 Å². The lowest BCUT2D eigenvalue weighted by atomic mass is 10.4. The molecule has 1 heterocycles. The average molecular weight is 215 g/mol. The molecule has 0 aliphatic carbocycles. The van der Waals surface area contributed by atoms with Crippen LogP contribution in [0.4, 0.5) is 0 Å². The van der Waals surface area contributed by atoms with Gasteiger partial charge in [0.15, 0.2) is 0 Å². The standard InChI is InChI=1S/C10H15ClN2O/c1-3-12-10(8-9(2)11)13-4-6-14-7-5-13/h3,8H,2,4-7H2,1H3/b10-8+,12-3-. The smallest absolute Gasteiger partial charge is 0.129 e. The molecule has 1 fully saturated rings. The van der Waals surface area contributed by atoms with Gasteiger partial charge in [0.05, 0.1) is 13.2 Å². The molecular formula is C10H15ClN2O.